The van der Waals surface area contributed by atoms with Gasteiger partial charge in [0.15, 0.2) is 0 Å². The Hall–Kier alpha value is -3.74. The normalized spacial score (nSPS) is 11.6. The molecule has 1 rings (SSSR count). The van der Waals surface area contributed by atoms with Gasteiger partial charge in [-0.15, -0.1) is 0 Å². The van der Waals surface area contributed by atoms with Crippen LogP contribution in [0.3, 0.4) is 0 Å². The first-order valence-corrected chi connectivity index (χ1v) is 13.4. The van der Waals surface area contributed by atoms with E-state index in [4.69, 9.17) is 14.7 Å². The van der Waals surface area contributed by atoms with Crippen LogP contribution in [0.4, 0.5) is 4.79 Å². The second kappa shape index (κ2) is 24.6. The summed E-state index contributed by atoms with van der Waals surface area (Å²) in [6.45, 7) is 15.3. The summed E-state index contributed by atoms with van der Waals surface area (Å²) in [6, 6.07) is 9.06. The Morgan fingerprint density at radius 2 is 2.03 bits per heavy atom. The van der Waals surface area contributed by atoms with E-state index < -0.39 is 6.09 Å². The molecule has 1 aromatic carbocycles. The molecule has 0 heterocycles. The minimum Gasteiger partial charge on any atom is -0.448 e. The van der Waals surface area contributed by atoms with Crippen LogP contribution in [0.2, 0.25) is 0 Å². The van der Waals surface area contributed by atoms with Crippen LogP contribution in [0.15, 0.2) is 65.9 Å². The number of nitriles is 1. The molecule has 0 aliphatic carbocycles. The van der Waals surface area contributed by atoms with E-state index in [1.54, 1.807) is 35.6 Å². The lowest BCUT2D eigenvalue weighted by atomic mass is 10.1. The number of hydrogen-bond acceptors (Lipinski definition) is 8. The highest BCUT2D eigenvalue weighted by molar-refractivity contribution is 5.68. The van der Waals surface area contributed by atoms with Gasteiger partial charge in [0, 0.05) is 38.5 Å². The van der Waals surface area contributed by atoms with Gasteiger partial charge in [-0.25, -0.2) is 4.79 Å². The Bertz CT molecular complexity index is 953. The number of carbonyl (C=O) groups is 2. The van der Waals surface area contributed by atoms with E-state index in [1.165, 1.54) is 6.08 Å². The van der Waals surface area contributed by atoms with E-state index >= 15 is 0 Å². The fourth-order valence-corrected chi connectivity index (χ4v) is 3.19. The maximum absolute atomic E-state index is 12.2. The molecule has 0 spiro atoms. The predicted octanol–water partition coefficient (Wildman–Crippen LogP) is 5.11. The topological polar surface area (TPSA) is 116 Å². The number of nitrogens with zero attached hydrogens (tertiary/aromatic N) is 3. The second-order valence-electron chi connectivity index (χ2n) is 8.12. The molecular weight excluding hydrogens is 494 g/mol. The van der Waals surface area contributed by atoms with Crippen molar-refractivity contribution in [2.24, 2.45) is 5.10 Å². The molecule has 0 radical (unpaired) electrons. The Labute approximate surface area is 234 Å². The van der Waals surface area contributed by atoms with Crippen molar-refractivity contribution in [1.82, 2.24) is 15.6 Å². The van der Waals surface area contributed by atoms with Crippen LogP contribution in [-0.2, 0) is 20.8 Å². The third kappa shape index (κ3) is 19.1. The summed E-state index contributed by atoms with van der Waals surface area (Å²) >= 11 is 0. The van der Waals surface area contributed by atoms with E-state index in [9.17, 15) is 9.59 Å². The number of carbonyl (C=O) groups excluding carboxylic acids is 2. The number of rotatable bonds is 19. The zero-order chi connectivity index (χ0) is 29.1. The summed E-state index contributed by atoms with van der Waals surface area (Å²) in [6.07, 6.45) is 10.6. The number of ether oxygens (including phenoxy) is 2. The van der Waals surface area contributed by atoms with E-state index in [2.05, 4.69) is 35.3 Å². The highest BCUT2D eigenvalue weighted by Gasteiger charge is 2.11. The van der Waals surface area contributed by atoms with Gasteiger partial charge < -0.3 is 20.1 Å². The molecule has 1 unspecified atom stereocenters. The SMILES string of the molecule is C=C(C/C=N/N(/C=C\C=O)Cc1cccc(C#N)c1)CC(/C=C\C)NC(=O)OCCNCCOCCC.CC. The first kappa shape index (κ1) is 35.3. The van der Waals surface area contributed by atoms with Crippen molar-refractivity contribution >= 4 is 18.6 Å². The lowest BCUT2D eigenvalue weighted by Crippen LogP contribution is -2.35. The molecule has 1 amide bonds. The first-order valence-electron chi connectivity index (χ1n) is 13.4. The molecule has 0 fully saturated rings. The van der Waals surface area contributed by atoms with Gasteiger partial charge in [-0.05, 0) is 43.5 Å². The molecule has 0 bridgehead atoms. The minimum absolute atomic E-state index is 0.256. The summed E-state index contributed by atoms with van der Waals surface area (Å²) in [5, 5.41) is 21.1. The molecule has 39 heavy (non-hydrogen) atoms. The minimum atomic E-state index is -0.488. The lowest BCUT2D eigenvalue weighted by molar-refractivity contribution is -0.104. The number of amides is 1. The maximum atomic E-state index is 12.2. The van der Waals surface area contributed by atoms with Crippen molar-refractivity contribution in [3.05, 3.63) is 72.0 Å². The van der Waals surface area contributed by atoms with Gasteiger partial charge in [0.25, 0.3) is 0 Å². The number of allylic oxidation sites excluding steroid dienone is 2. The first-order chi connectivity index (χ1) is 19.0. The van der Waals surface area contributed by atoms with Gasteiger partial charge in [0.05, 0.1) is 30.8 Å². The average molecular weight is 540 g/mol. The van der Waals surface area contributed by atoms with Crippen molar-refractivity contribution in [1.29, 1.82) is 5.26 Å². The highest BCUT2D eigenvalue weighted by atomic mass is 16.5. The highest BCUT2D eigenvalue weighted by Crippen LogP contribution is 2.11. The van der Waals surface area contributed by atoms with E-state index in [-0.39, 0.29) is 12.6 Å². The van der Waals surface area contributed by atoms with E-state index in [0.717, 1.165) is 24.2 Å². The molecule has 0 saturated carbocycles. The maximum Gasteiger partial charge on any atom is 0.407 e. The fraction of sp³-hybridized carbons (Fsp3) is 0.467. The Balaban J connectivity index is 0.00000704. The molecule has 9 nitrogen and oxygen atoms in total. The second-order valence-corrected chi connectivity index (χ2v) is 8.12. The number of aldehydes is 1. The molecule has 1 aromatic rings. The summed E-state index contributed by atoms with van der Waals surface area (Å²) in [4.78, 5) is 22.9. The largest absolute Gasteiger partial charge is 0.448 e. The number of alkyl carbamates (subject to hydrolysis) is 1. The molecule has 9 heteroatoms. The fourth-order valence-electron chi connectivity index (χ4n) is 3.19. The zero-order valence-corrected chi connectivity index (χ0v) is 23.9. The van der Waals surface area contributed by atoms with Gasteiger partial charge in [-0.3, -0.25) is 9.80 Å². The van der Waals surface area contributed by atoms with Crippen molar-refractivity contribution < 1.29 is 19.1 Å². The average Bonchev–Trinajstić information content (AvgIpc) is 2.94. The van der Waals surface area contributed by atoms with E-state index in [0.29, 0.717) is 50.9 Å². The summed E-state index contributed by atoms with van der Waals surface area (Å²) in [5.41, 5.74) is 2.32. The molecule has 1 atom stereocenters. The molecule has 2 N–H and O–H groups in total. The lowest BCUT2D eigenvalue weighted by Gasteiger charge is -2.17. The Morgan fingerprint density at radius 3 is 2.72 bits per heavy atom. The van der Waals surface area contributed by atoms with Crippen molar-refractivity contribution in [3.8, 4) is 6.07 Å². The van der Waals surface area contributed by atoms with Crippen molar-refractivity contribution in [3.63, 3.8) is 0 Å². The van der Waals surface area contributed by atoms with Gasteiger partial charge in [0.1, 0.15) is 12.9 Å². The third-order valence-electron chi connectivity index (χ3n) is 4.87. The van der Waals surface area contributed by atoms with Gasteiger partial charge in [-0.2, -0.15) is 10.4 Å². The van der Waals surface area contributed by atoms with Crippen LogP contribution in [0, 0.1) is 11.3 Å². The summed E-state index contributed by atoms with van der Waals surface area (Å²) < 4.78 is 10.6. The summed E-state index contributed by atoms with van der Waals surface area (Å²) in [7, 11) is 0. The van der Waals surface area contributed by atoms with Crippen LogP contribution in [-0.4, -0.2) is 62.6 Å². The number of nitrogens with one attached hydrogen (secondary N) is 2. The third-order valence-corrected chi connectivity index (χ3v) is 4.87. The van der Waals surface area contributed by atoms with E-state index in [1.807, 2.05) is 39.0 Å². The van der Waals surface area contributed by atoms with Crippen LogP contribution < -0.4 is 10.6 Å². The van der Waals surface area contributed by atoms with Gasteiger partial charge in [-0.1, -0.05) is 57.2 Å². The monoisotopic (exact) mass is 539 g/mol. The smallest absolute Gasteiger partial charge is 0.407 e. The van der Waals surface area contributed by atoms with Crippen molar-refractivity contribution in [2.75, 3.05) is 32.9 Å². The number of hydrogen-bond donors (Lipinski definition) is 2. The van der Waals surface area contributed by atoms with Crippen LogP contribution in [0.25, 0.3) is 0 Å². The molecule has 0 aliphatic heterocycles. The molecule has 0 aromatic heterocycles. The Morgan fingerprint density at radius 1 is 1.26 bits per heavy atom. The van der Waals surface area contributed by atoms with Crippen molar-refractivity contribution in [2.45, 2.75) is 59.5 Å². The molecule has 0 aliphatic rings. The number of benzene rings is 1. The quantitative estimate of drug-likeness (QED) is 0.0627. The molecule has 214 valence electrons. The standard InChI is InChI=1S/C28H39N5O4.C2H6/c1-4-8-27(32-28(35)37-19-14-30-13-18-36-17-5-2)20-24(3)11-12-31-33(15-7-16-34)23-26-10-6-9-25(21-26)22-29;1-2/h4,6-10,12,15-16,21,27,30H,3,5,11,13-14,17-20,23H2,1-2H3,(H,32,35);1-2H3/b8-4-,15-7-,31-12+;. The predicted molar refractivity (Wildman–Crippen MR) is 157 cm³/mol. The molecular formula is C30H45N5O4. The summed E-state index contributed by atoms with van der Waals surface area (Å²) in [5.74, 6) is 0. The molecule has 0 saturated heterocycles. The Kier molecular flexibility index (Phi) is 22.2. The van der Waals surface area contributed by atoms with Gasteiger partial charge in [0.2, 0.25) is 0 Å². The van der Waals surface area contributed by atoms with Crippen LogP contribution in [0.5, 0.6) is 0 Å². The zero-order valence-electron chi connectivity index (χ0n) is 23.9. The van der Waals surface area contributed by atoms with Crippen LogP contribution in [0.1, 0.15) is 58.1 Å². The van der Waals surface area contributed by atoms with Gasteiger partial charge >= 0.3 is 6.09 Å². The van der Waals surface area contributed by atoms with Crippen LogP contribution >= 0.6 is 0 Å². The number of hydrazone groups is 1.